The number of halogens is 1. The highest BCUT2D eigenvalue weighted by atomic mass is 19.1. The van der Waals surface area contributed by atoms with E-state index in [4.69, 9.17) is 5.73 Å². The summed E-state index contributed by atoms with van der Waals surface area (Å²) in [5, 5.41) is 2.63. The monoisotopic (exact) mass is 224 g/mol. The Balaban J connectivity index is 2.74. The Morgan fingerprint density at radius 1 is 1.44 bits per heavy atom. The molecule has 1 aromatic rings. The van der Waals surface area contributed by atoms with E-state index in [0.717, 1.165) is 0 Å². The molecule has 0 radical (unpaired) electrons. The molecule has 0 aromatic heterocycles. The van der Waals surface area contributed by atoms with Crippen molar-refractivity contribution in [3.63, 3.8) is 0 Å². The van der Waals surface area contributed by atoms with Gasteiger partial charge in [0.25, 0.3) is 0 Å². The summed E-state index contributed by atoms with van der Waals surface area (Å²) < 4.78 is 13.2. The second-order valence-electron chi connectivity index (χ2n) is 4.10. The van der Waals surface area contributed by atoms with Crippen molar-refractivity contribution in [3.05, 3.63) is 29.6 Å². The van der Waals surface area contributed by atoms with E-state index in [1.54, 1.807) is 32.9 Å². The summed E-state index contributed by atoms with van der Waals surface area (Å²) in [7, 11) is 0. The van der Waals surface area contributed by atoms with Crippen molar-refractivity contribution in [2.45, 2.75) is 26.8 Å². The lowest BCUT2D eigenvalue weighted by molar-refractivity contribution is -0.119. The molecule has 16 heavy (non-hydrogen) atoms. The molecule has 1 amide bonds. The zero-order valence-electron chi connectivity index (χ0n) is 9.75. The summed E-state index contributed by atoms with van der Waals surface area (Å²) in [6.45, 7) is 5.18. The van der Waals surface area contributed by atoms with Crippen LogP contribution in [-0.4, -0.2) is 11.9 Å². The van der Waals surface area contributed by atoms with Crippen molar-refractivity contribution in [3.8, 4) is 0 Å². The van der Waals surface area contributed by atoms with Gasteiger partial charge >= 0.3 is 0 Å². The van der Waals surface area contributed by atoms with Gasteiger partial charge in [-0.15, -0.1) is 0 Å². The van der Waals surface area contributed by atoms with Gasteiger partial charge in [0.2, 0.25) is 5.91 Å². The maximum Gasteiger partial charge on any atom is 0.228 e. The Hall–Kier alpha value is -1.42. The SMILES string of the molecule is Cc1ccc(NC(=O)C(C)C(C)N)cc1F. The number of carbonyl (C=O) groups excluding carboxylic acids is 1. The summed E-state index contributed by atoms with van der Waals surface area (Å²) >= 11 is 0. The van der Waals surface area contributed by atoms with Gasteiger partial charge in [-0.25, -0.2) is 4.39 Å². The zero-order chi connectivity index (χ0) is 12.3. The molecule has 0 saturated carbocycles. The third kappa shape index (κ3) is 3.03. The molecule has 4 heteroatoms. The molecule has 0 heterocycles. The van der Waals surface area contributed by atoms with E-state index >= 15 is 0 Å². The largest absolute Gasteiger partial charge is 0.327 e. The minimum absolute atomic E-state index is 0.196. The molecule has 88 valence electrons. The first-order valence-corrected chi connectivity index (χ1v) is 5.24. The Kier molecular flexibility index (Phi) is 4.01. The van der Waals surface area contributed by atoms with Crippen LogP contribution in [0.25, 0.3) is 0 Å². The van der Waals surface area contributed by atoms with Gasteiger partial charge < -0.3 is 11.1 Å². The van der Waals surface area contributed by atoms with E-state index in [0.29, 0.717) is 11.3 Å². The van der Waals surface area contributed by atoms with E-state index in [9.17, 15) is 9.18 Å². The maximum atomic E-state index is 13.2. The fraction of sp³-hybridized carbons (Fsp3) is 0.417. The number of nitrogens with one attached hydrogen (secondary N) is 1. The smallest absolute Gasteiger partial charge is 0.228 e. The highest BCUT2D eigenvalue weighted by Gasteiger charge is 2.17. The van der Waals surface area contributed by atoms with Crippen LogP contribution in [0, 0.1) is 18.7 Å². The fourth-order valence-electron chi connectivity index (χ4n) is 1.17. The topological polar surface area (TPSA) is 55.1 Å². The molecule has 1 rings (SSSR count). The molecule has 0 bridgehead atoms. The molecule has 0 aliphatic carbocycles. The van der Waals surface area contributed by atoms with Crippen LogP contribution in [0.2, 0.25) is 0 Å². The minimum atomic E-state index is -0.328. The highest BCUT2D eigenvalue weighted by molar-refractivity contribution is 5.92. The van der Waals surface area contributed by atoms with Crippen molar-refractivity contribution in [1.82, 2.24) is 0 Å². The Morgan fingerprint density at radius 2 is 2.06 bits per heavy atom. The number of amides is 1. The van der Waals surface area contributed by atoms with Crippen LogP contribution >= 0.6 is 0 Å². The lowest BCUT2D eigenvalue weighted by Crippen LogP contribution is -2.34. The van der Waals surface area contributed by atoms with E-state index in [1.807, 2.05) is 0 Å². The first kappa shape index (κ1) is 12.6. The van der Waals surface area contributed by atoms with Gasteiger partial charge in [0, 0.05) is 11.7 Å². The quantitative estimate of drug-likeness (QED) is 0.825. The van der Waals surface area contributed by atoms with Crippen LogP contribution in [0.15, 0.2) is 18.2 Å². The third-order valence-corrected chi connectivity index (χ3v) is 2.64. The number of nitrogens with two attached hydrogens (primary N) is 1. The van der Waals surface area contributed by atoms with Gasteiger partial charge in [0.15, 0.2) is 0 Å². The average molecular weight is 224 g/mol. The third-order valence-electron chi connectivity index (χ3n) is 2.64. The summed E-state index contributed by atoms with van der Waals surface area (Å²) in [5.41, 5.74) is 6.62. The fourth-order valence-corrected chi connectivity index (χ4v) is 1.17. The standard InChI is InChI=1S/C12H17FN2O/c1-7-4-5-10(6-11(7)13)15-12(16)8(2)9(3)14/h4-6,8-9H,14H2,1-3H3,(H,15,16). The first-order valence-electron chi connectivity index (χ1n) is 5.24. The Morgan fingerprint density at radius 3 is 2.56 bits per heavy atom. The summed E-state index contributed by atoms with van der Waals surface area (Å²) in [5.74, 6) is -0.825. The van der Waals surface area contributed by atoms with E-state index in [-0.39, 0.29) is 23.7 Å². The molecule has 0 fully saturated rings. The van der Waals surface area contributed by atoms with Crippen LogP contribution < -0.4 is 11.1 Å². The maximum absolute atomic E-state index is 13.2. The van der Waals surface area contributed by atoms with Crippen LogP contribution in [0.3, 0.4) is 0 Å². The molecule has 2 unspecified atom stereocenters. The minimum Gasteiger partial charge on any atom is -0.327 e. The average Bonchev–Trinajstić information content (AvgIpc) is 2.22. The van der Waals surface area contributed by atoms with E-state index < -0.39 is 0 Å². The first-order chi connectivity index (χ1) is 7.41. The number of anilines is 1. The second kappa shape index (κ2) is 5.07. The molecule has 0 aliphatic heterocycles. The lowest BCUT2D eigenvalue weighted by Gasteiger charge is -2.15. The van der Waals surface area contributed by atoms with Crippen molar-refractivity contribution in [2.75, 3.05) is 5.32 Å². The predicted molar refractivity (Wildman–Crippen MR) is 62.6 cm³/mol. The molecule has 0 saturated heterocycles. The van der Waals surface area contributed by atoms with Crippen molar-refractivity contribution >= 4 is 11.6 Å². The van der Waals surface area contributed by atoms with Gasteiger partial charge in [-0.05, 0) is 31.5 Å². The van der Waals surface area contributed by atoms with Gasteiger partial charge in [-0.3, -0.25) is 4.79 Å². The normalized spacial score (nSPS) is 14.3. The summed E-state index contributed by atoms with van der Waals surface area (Å²) in [6, 6.07) is 4.38. The highest BCUT2D eigenvalue weighted by Crippen LogP contribution is 2.14. The molecule has 1 aromatic carbocycles. The van der Waals surface area contributed by atoms with Gasteiger partial charge in [0.05, 0.1) is 5.92 Å². The van der Waals surface area contributed by atoms with Crippen LogP contribution in [-0.2, 0) is 4.79 Å². The predicted octanol–water partition coefficient (Wildman–Crippen LogP) is 2.06. The number of rotatable bonds is 3. The Labute approximate surface area is 94.8 Å². The molecule has 0 spiro atoms. The van der Waals surface area contributed by atoms with Crippen molar-refractivity contribution < 1.29 is 9.18 Å². The zero-order valence-corrected chi connectivity index (χ0v) is 9.75. The molecule has 0 aliphatic rings. The van der Waals surface area contributed by atoms with Crippen LogP contribution in [0.1, 0.15) is 19.4 Å². The molecule has 3 N–H and O–H groups in total. The summed E-state index contributed by atoms with van der Waals surface area (Å²) in [4.78, 5) is 11.6. The molecule has 2 atom stereocenters. The number of hydrogen-bond acceptors (Lipinski definition) is 2. The van der Waals surface area contributed by atoms with Crippen LogP contribution in [0.5, 0.6) is 0 Å². The van der Waals surface area contributed by atoms with Gasteiger partial charge in [0.1, 0.15) is 5.82 Å². The van der Waals surface area contributed by atoms with Crippen molar-refractivity contribution in [2.24, 2.45) is 11.7 Å². The molecular weight excluding hydrogens is 207 g/mol. The number of hydrogen-bond donors (Lipinski definition) is 2. The molecular formula is C12H17FN2O. The molecule has 3 nitrogen and oxygen atoms in total. The number of benzene rings is 1. The van der Waals surface area contributed by atoms with Gasteiger partial charge in [-0.2, -0.15) is 0 Å². The van der Waals surface area contributed by atoms with Crippen molar-refractivity contribution in [1.29, 1.82) is 0 Å². The number of carbonyl (C=O) groups is 1. The number of aryl methyl sites for hydroxylation is 1. The van der Waals surface area contributed by atoms with E-state index in [1.165, 1.54) is 6.07 Å². The van der Waals surface area contributed by atoms with Crippen LogP contribution in [0.4, 0.5) is 10.1 Å². The van der Waals surface area contributed by atoms with Gasteiger partial charge in [-0.1, -0.05) is 13.0 Å². The van der Waals surface area contributed by atoms with E-state index in [2.05, 4.69) is 5.32 Å². The lowest BCUT2D eigenvalue weighted by atomic mass is 10.0. The summed E-state index contributed by atoms with van der Waals surface area (Å²) in [6.07, 6.45) is 0. The second-order valence-corrected chi connectivity index (χ2v) is 4.10. The Bertz CT molecular complexity index is 391.